The van der Waals surface area contributed by atoms with E-state index in [-0.39, 0.29) is 34.3 Å². The van der Waals surface area contributed by atoms with E-state index in [1.165, 1.54) is 22.5 Å². The van der Waals surface area contributed by atoms with E-state index < -0.39 is 16.0 Å². The van der Waals surface area contributed by atoms with Crippen LogP contribution in [0.2, 0.25) is 10.0 Å². The minimum Gasteiger partial charge on any atom is -0.419 e. The van der Waals surface area contributed by atoms with Gasteiger partial charge in [0.1, 0.15) is 5.52 Å². The number of carbonyl (C=O) groups excluding carboxylic acids is 1. The number of morpholine rings is 1. The summed E-state index contributed by atoms with van der Waals surface area (Å²) in [7, 11) is -3.79. The van der Waals surface area contributed by atoms with Gasteiger partial charge in [-0.25, -0.2) is 18.2 Å². The number of rotatable bonds is 4. The van der Waals surface area contributed by atoms with Crippen molar-refractivity contribution >= 4 is 50.1 Å². The van der Waals surface area contributed by atoms with Gasteiger partial charge in [0.2, 0.25) is 10.0 Å². The molecule has 0 aliphatic carbocycles. The quantitative estimate of drug-likeness (QED) is 0.394. The van der Waals surface area contributed by atoms with Crippen molar-refractivity contribution in [2.24, 2.45) is 0 Å². The highest BCUT2D eigenvalue weighted by molar-refractivity contribution is 7.89. The summed E-state index contributed by atoms with van der Waals surface area (Å²) in [6.07, 6.45) is 0. The Morgan fingerprint density at radius 1 is 1.06 bits per heavy atom. The van der Waals surface area contributed by atoms with Crippen LogP contribution in [0, 0.1) is 13.8 Å². The normalized spacial score (nSPS) is 15.1. The van der Waals surface area contributed by atoms with E-state index in [9.17, 15) is 13.2 Å². The minimum absolute atomic E-state index is 0.0508. The molecule has 1 aliphatic heterocycles. The standard InChI is InChI=1S/C22H20Cl2N2O5S/c1-13-3-5-15(11-19(13)32(28,29)26-7-9-30-10-8-26)22(27)31-21-18(24)12-17(23)16-6-4-14(2)25-20(16)21/h3-6,11-12H,7-10H2,1-2H3. The maximum absolute atomic E-state index is 13.1. The van der Waals surface area contributed by atoms with E-state index in [2.05, 4.69) is 4.98 Å². The fourth-order valence-corrected chi connectivity index (χ4v) is 5.68. The van der Waals surface area contributed by atoms with Crippen molar-refractivity contribution in [1.29, 1.82) is 0 Å². The van der Waals surface area contributed by atoms with Gasteiger partial charge in [0.25, 0.3) is 0 Å². The summed E-state index contributed by atoms with van der Waals surface area (Å²) in [6, 6.07) is 9.46. The van der Waals surface area contributed by atoms with E-state index in [1.54, 1.807) is 32.0 Å². The third kappa shape index (κ3) is 4.33. The Morgan fingerprint density at radius 3 is 2.50 bits per heavy atom. The van der Waals surface area contributed by atoms with Crippen LogP contribution >= 0.6 is 23.2 Å². The molecule has 2 aromatic carbocycles. The number of carbonyl (C=O) groups is 1. The molecule has 3 aromatic rings. The fraction of sp³-hybridized carbons (Fsp3) is 0.273. The zero-order valence-corrected chi connectivity index (χ0v) is 19.7. The van der Waals surface area contributed by atoms with Gasteiger partial charge < -0.3 is 9.47 Å². The van der Waals surface area contributed by atoms with Crippen LogP contribution < -0.4 is 4.74 Å². The molecule has 10 heteroatoms. The first-order valence-corrected chi connectivity index (χ1v) is 12.0. The molecule has 2 heterocycles. The number of nitrogens with zero attached hydrogens (tertiary/aromatic N) is 2. The molecule has 0 amide bonds. The SMILES string of the molecule is Cc1ccc2c(Cl)cc(Cl)c(OC(=O)c3ccc(C)c(S(=O)(=O)N4CCOCC4)c3)c2n1. The molecule has 0 radical (unpaired) electrons. The summed E-state index contributed by atoms with van der Waals surface area (Å²) in [5.74, 6) is -0.685. The first kappa shape index (κ1) is 22.9. The Morgan fingerprint density at radius 2 is 1.78 bits per heavy atom. The molecule has 1 aromatic heterocycles. The number of aromatic nitrogens is 1. The Hall–Kier alpha value is -2.23. The van der Waals surface area contributed by atoms with Crippen LogP contribution in [0.1, 0.15) is 21.6 Å². The molecule has 1 saturated heterocycles. The Bertz CT molecular complexity index is 1320. The lowest BCUT2D eigenvalue weighted by Crippen LogP contribution is -2.40. The lowest BCUT2D eigenvalue weighted by molar-refractivity contribution is 0.0727. The van der Waals surface area contributed by atoms with E-state index >= 15 is 0 Å². The van der Waals surface area contributed by atoms with Crippen molar-refractivity contribution in [1.82, 2.24) is 9.29 Å². The lowest BCUT2D eigenvalue weighted by Gasteiger charge is -2.26. The molecule has 7 nitrogen and oxygen atoms in total. The molecule has 0 saturated carbocycles. The highest BCUT2D eigenvalue weighted by atomic mass is 35.5. The van der Waals surface area contributed by atoms with E-state index in [0.29, 0.717) is 40.4 Å². The third-order valence-corrected chi connectivity index (χ3v) is 7.82. The number of aryl methyl sites for hydroxylation is 2. The van der Waals surface area contributed by atoms with Gasteiger partial charge in [0, 0.05) is 24.2 Å². The Labute approximate surface area is 195 Å². The van der Waals surface area contributed by atoms with Crippen molar-refractivity contribution in [2.45, 2.75) is 18.7 Å². The summed E-state index contributed by atoms with van der Waals surface area (Å²) >= 11 is 12.6. The number of pyridine rings is 1. The van der Waals surface area contributed by atoms with Crippen LogP contribution in [0.5, 0.6) is 5.75 Å². The molecule has 0 bridgehead atoms. The molecule has 4 rings (SSSR count). The number of hydrogen-bond donors (Lipinski definition) is 0. The van der Waals surface area contributed by atoms with Crippen LogP contribution in [-0.4, -0.2) is 50.0 Å². The van der Waals surface area contributed by atoms with Crippen molar-refractivity contribution in [2.75, 3.05) is 26.3 Å². The topological polar surface area (TPSA) is 85.8 Å². The Kier molecular flexibility index (Phi) is 6.42. The van der Waals surface area contributed by atoms with Gasteiger partial charge in [-0.3, -0.25) is 0 Å². The van der Waals surface area contributed by atoms with Crippen LogP contribution in [0.25, 0.3) is 10.9 Å². The minimum atomic E-state index is -3.79. The summed E-state index contributed by atoms with van der Waals surface area (Å²) in [5, 5.41) is 1.10. The predicted octanol–water partition coefficient (Wildman–Crippen LogP) is 4.40. The average Bonchev–Trinajstić information content (AvgIpc) is 2.77. The van der Waals surface area contributed by atoms with Gasteiger partial charge in [-0.05, 0) is 49.7 Å². The molecule has 0 unspecified atom stereocenters. The first-order chi connectivity index (χ1) is 15.2. The monoisotopic (exact) mass is 494 g/mol. The predicted molar refractivity (Wildman–Crippen MR) is 122 cm³/mol. The molecule has 1 aliphatic rings. The number of esters is 1. The zero-order valence-electron chi connectivity index (χ0n) is 17.4. The van der Waals surface area contributed by atoms with Gasteiger partial charge in [0.05, 0.1) is 33.7 Å². The second kappa shape index (κ2) is 8.96. The number of halogens is 2. The third-order valence-electron chi connectivity index (χ3n) is 5.18. The fourth-order valence-electron chi connectivity index (χ4n) is 3.47. The maximum Gasteiger partial charge on any atom is 0.343 e. The van der Waals surface area contributed by atoms with Crippen LogP contribution in [0.4, 0.5) is 0 Å². The number of sulfonamides is 1. The highest BCUT2D eigenvalue weighted by Crippen LogP contribution is 2.38. The number of hydrogen-bond acceptors (Lipinski definition) is 6. The largest absolute Gasteiger partial charge is 0.419 e. The highest BCUT2D eigenvalue weighted by Gasteiger charge is 2.29. The van der Waals surface area contributed by atoms with Gasteiger partial charge in [-0.2, -0.15) is 4.31 Å². The van der Waals surface area contributed by atoms with Crippen molar-refractivity contribution in [3.63, 3.8) is 0 Å². The maximum atomic E-state index is 13.1. The van der Waals surface area contributed by atoms with Gasteiger partial charge >= 0.3 is 5.97 Å². The van der Waals surface area contributed by atoms with Crippen LogP contribution in [0.15, 0.2) is 41.3 Å². The molecule has 168 valence electrons. The molecule has 0 atom stereocenters. The van der Waals surface area contributed by atoms with Crippen LogP contribution in [0.3, 0.4) is 0 Å². The second-order valence-electron chi connectivity index (χ2n) is 7.40. The van der Waals surface area contributed by atoms with E-state index in [1.807, 2.05) is 0 Å². The summed E-state index contributed by atoms with van der Waals surface area (Å²) < 4.78 is 38.4. The van der Waals surface area contributed by atoms with Gasteiger partial charge in [-0.15, -0.1) is 0 Å². The van der Waals surface area contributed by atoms with Crippen molar-refractivity contribution in [3.05, 3.63) is 63.3 Å². The first-order valence-electron chi connectivity index (χ1n) is 9.84. The second-order valence-corrected chi connectivity index (χ2v) is 10.1. The summed E-state index contributed by atoms with van der Waals surface area (Å²) in [5.41, 5.74) is 1.65. The molecular weight excluding hydrogens is 475 g/mol. The average molecular weight is 495 g/mol. The lowest BCUT2D eigenvalue weighted by atomic mass is 10.1. The zero-order chi connectivity index (χ0) is 23.0. The molecule has 0 N–H and O–H groups in total. The van der Waals surface area contributed by atoms with E-state index in [0.717, 1.165) is 0 Å². The Balaban J connectivity index is 1.71. The molecule has 1 fully saturated rings. The van der Waals surface area contributed by atoms with Crippen molar-refractivity contribution in [3.8, 4) is 5.75 Å². The number of fused-ring (bicyclic) bond motifs is 1. The molecular formula is C22H20Cl2N2O5S. The van der Waals surface area contributed by atoms with Crippen LogP contribution in [-0.2, 0) is 14.8 Å². The van der Waals surface area contributed by atoms with Crippen molar-refractivity contribution < 1.29 is 22.7 Å². The van der Waals surface area contributed by atoms with Gasteiger partial charge in [0.15, 0.2) is 5.75 Å². The smallest absolute Gasteiger partial charge is 0.343 e. The summed E-state index contributed by atoms with van der Waals surface area (Å²) in [6.45, 7) is 4.64. The molecule has 0 spiro atoms. The number of ether oxygens (including phenoxy) is 2. The van der Waals surface area contributed by atoms with E-state index in [4.69, 9.17) is 32.7 Å². The molecule has 32 heavy (non-hydrogen) atoms. The van der Waals surface area contributed by atoms with Gasteiger partial charge in [-0.1, -0.05) is 29.3 Å². The number of benzene rings is 2. The summed E-state index contributed by atoms with van der Waals surface area (Å²) in [4.78, 5) is 17.4.